The molecular weight excluding hydrogens is 182 g/mol. The van der Waals surface area contributed by atoms with Crippen LogP contribution in [0.2, 0.25) is 0 Å². The molecule has 0 bridgehead atoms. The summed E-state index contributed by atoms with van der Waals surface area (Å²) in [6.07, 6.45) is 0. The van der Waals surface area contributed by atoms with Crippen molar-refractivity contribution < 1.29 is 13.4 Å². The summed E-state index contributed by atoms with van der Waals surface area (Å²) in [4.78, 5) is 0. The Hall–Kier alpha value is 0.420. The second kappa shape index (κ2) is 5.13. The van der Waals surface area contributed by atoms with E-state index in [0.29, 0.717) is 0 Å². The average molecular weight is 198 g/mol. The van der Waals surface area contributed by atoms with Gasteiger partial charge in [0.15, 0.2) is 16.1 Å². The fraction of sp³-hybridized carbons (Fsp3) is 1.00. The van der Waals surface area contributed by atoms with Crippen LogP contribution in [-0.2, 0) is 13.4 Å². The molecule has 0 aromatic rings. The standard InChI is InChI=1S/C6H16O3P2/c1-5(2)10(7)9-11(8)6(3)4/h5-6,10-11H,1-4H3. The van der Waals surface area contributed by atoms with Crippen LogP contribution < -0.4 is 0 Å². The van der Waals surface area contributed by atoms with Gasteiger partial charge in [-0.3, -0.25) is 13.4 Å². The van der Waals surface area contributed by atoms with Crippen LogP contribution in [-0.4, -0.2) is 11.3 Å². The zero-order valence-corrected chi connectivity index (χ0v) is 9.38. The van der Waals surface area contributed by atoms with E-state index < -0.39 is 16.1 Å². The fourth-order valence-corrected chi connectivity index (χ4v) is 3.01. The molecule has 68 valence electrons. The highest BCUT2D eigenvalue weighted by Crippen LogP contribution is 2.43. The summed E-state index contributed by atoms with van der Waals surface area (Å²) in [5, 5.41) is 0. The van der Waals surface area contributed by atoms with Crippen molar-refractivity contribution in [3.63, 3.8) is 0 Å². The molecule has 0 aliphatic rings. The molecule has 0 amide bonds. The summed E-state index contributed by atoms with van der Waals surface area (Å²) in [7, 11) is -4.14. The minimum absolute atomic E-state index is 0.00676. The second-order valence-corrected chi connectivity index (χ2v) is 7.45. The SMILES string of the molecule is CC(C)[PH](=O)O[PH](=O)C(C)C. The molecule has 0 fully saturated rings. The molecule has 0 N–H and O–H groups in total. The van der Waals surface area contributed by atoms with E-state index in [4.69, 9.17) is 4.31 Å². The largest absolute Gasteiger partial charge is 0.296 e. The molecule has 11 heavy (non-hydrogen) atoms. The Kier molecular flexibility index (Phi) is 5.33. The molecule has 2 unspecified atom stereocenters. The first-order valence-electron chi connectivity index (χ1n) is 3.70. The van der Waals surface area contributed by atoms with Gasteiger partial charge in [0.05, 0.1) is 0 Å². The van der Waals surface area contributed by atoms with Gasteiger partial charge in [0.1, 0.15) is 0 Å². The maximum absolute atomic E-state index is 11.0. The molecule has 0 saturated heterocycles. The minimum Gasteiger partial charge on any atom is -0.296 e. The molecule has 2 atom stereocenters. The zero-order chi connectivity index (χ0) is 9.02. The quantitative estimate of drug-likeness (QED) is 0.652. The normalized spacial score (nSPS) is 17.3. The van der Waals surface area contributed by atoms with Crippen molar-refractivity contribution in [2.24, 2.45) is 0 Å². The number of rotatable bonds is 4. The summed E-state index contributed by atoms with van der Waals surface area (Å²) in [6.45, 7) is 7.21. The van der Waals surface area contributed by atoms with Crippen LogP contribution in [0, 0.1) is 0 Å². The minimum atomic E-state index is -2.07. The second-order valence-electron chi connectivity index (χ2n) is 3.05. The third-order valence-electron chi connectivity index (χ3n) is 1.14. The molecule has 5 heteroatoms. The van der Waals surface area contributed by atoms with E-state index >= 15 is 0 Å². The molecule has 0 aromatic carbocycles. The fourth-order valence-electron chi connectivity index (χ4n) is 0.335. The van der Waals surface area contributed by atoms with Crippen LogP contribution in [0.25, 0.3) is 0 Å². The summed E-state index contributed by atoms with van der Waals surface area (Å²) < 4.78 is 27.0. The van der Waals surface area contributed by atoms with Crippen LogP contribution in [0.15, 0.2) is 0 Å². The van der Waals surface area contributed by atoms with Gasteiger partial charge >= 0.3 is 0 Å². The summed E-state index contributed by atoms with van der Waals surface area (Å²) in [5.74, 6) is 0. The molecule has 0 radical (unpaired) electrons. The molecule has 0 heterocycles. The molecule has 0 saturated carbocycles. The Morgan fingerprint density at radius 2 is 1.18 bits per heavy atom. The van der Waals surface area contributed by atoms with Crippen molar-refractivity contribution in [3.8, 4) is 0 Å². The number of hydrogen-bond acceptors (Lipinski definition) is 3. The van der Waals surface area contributed by atoms with Gasteiger partial charge in [-0.25, -0.2) is 0 Å². The summed E-state index contributed by atoms with van der Waals surface area (Å²) >= 11 is 0. The van der Waals surface area contributed by atoms with Crippen LogP contribution in [0.5, 0.6) is 0 Å². The van der Waals surface area contributed by atoms with Crippen LogP contribution >= 0.6 is 16.1 Å². The Labute approximate surface area is 69.3 Å². The monoisotopic (exact) mass is 198 g/mol. The van der Waals surface area contributed by atoms with Crippen LogP contribution in [0.1, 0.15) is 27.7 Å². The molecule has 0 rings (SSSR count). The third kappa shape index (κ3) is 4.79. The predicted octanol–water partition coefficient (Wildman–Crippen LogP) is 2.77. The lowest BCUT2D eigenvalue weighted by atomic mass is 10.6. The first kappa shape index (κ1) is 11.4. The zero-order valence-electron chi connectivity index (χ0n) is 7.38. The maximum Gasteiger partial charge on any atom is 0.199 e. The third-order valence-corrected chi connectivity index (χ3v) is 4.64. The van der Waals surface area contributed by atoms with Gasteiger partial charge < -0.3 is 0 Å². The molecule has 0 aliphatic heterocycles. The average Bonchev–Trinajstić information content (AvgIpc) is 1.87. The Bertz CT molecular complexity index is 147. The molecule has 0 aliphatic carbocycles. The lowest BCUT2D eigenvalue weighted by Gasteiger charge is -2.08. The maximum atomic E-state index is 11.0. The first-order chi connectivity index (χ1) is 4.95. The predicted molar refractivity (Wildman–Crippen MR) is 49.4 cm³/mol. The smallest absolute Gasteiger partial charge is 0.199 e. The van der Waals surface area contributed by atoms with Gasteiger partial charge in [0.2, 0.25) is 0 Å². The van der Waals surface area contributed by atoms with E-state index in [2.05, 4.69) is 0 Å². The highest BCUT2D eigenvalue weighted by Gasteiger charge is 2.12. The van der Waals surface area contributed by atoms with Crippen LogP contribution in [0.3, 0.4) is 0 Å². The van der Waals surface area contributed by atoms with Gasteiger partial charge in [-0.15, -0.1) is 0 Å². The van der Waals surface area contributed by atoms with Crippen molar-refractivity contribution >= 4 is 16.1 Å². The number of hydrogen-bond donors (Lipinski definition) is 0. The van der Waals surface area contributed by atoms with Crippen molar-refractivity contribution in [1.82, 2.24) is 0 Å². The molecular formula is C6H16O3P2. The lowest BCUT2D eigenvalue weighted by Crippen LogP contribution is -1.90. The van der Waals surface area contributed by atoms with Gasteiger partial charge in [-0.2, -0.15) is 0 Å². The van der Waals surface area contributed by atoms with Gasteiger partial charge in [-0.1, -0.05) is 27.7 Å². The topological polar surface area (TPSA) is 43.4 Å². The van der Waals surface area contributed by atoms with Crippen LogP contribution in [0.4, 0.5) is 0 Å². The highest BCUT2D eigenvalue weighted by atomic mass is 31.2. The van der Waals surface area contributed by atoms with Gasteiger partial charge in [-0.05, 0) is 0 Å². The van der Waals surface area contributed by atoms with E-state index in [1.807, 2.05) is 0 Å². The van der Waals surface area contributed by atoms with Crippen molar-refractivity contribution in [2.75, 3.05) is 0 Å². The molecule has 0 spiro atoms. The van der Waals surface area contributed by atoms with E-state index in [-0.39, 0.29) is 11.3 Å². The van der Waals surface area contributed by atoms with Crippen molar-refractivity contribution in [2.45, 2.75) is 39.0 Å². The van der Waals surface area contributed by atoms with Crippen molar-refractivity contribution in [1.29, 1.82) is 0 Å². The van der Waals surface area contributed by atoms with Gasteiger partial charge in [0, 0.05) is 11.3 Å². The first-order valence-corrected chi connectivity index (χ1v) is 6.49. The Morgan fingerprint density at radius 3 is 1.36 bits per heavy atom. The Balaban J connectivity index is 3.86. The van der Waals surface area contributed by atoms with E-state index in [1.165, 1.54) is 0 Å². The molecule has 0 aromatic heterocycles. The van der Waals surface area contributed by atoms with E-state index in [9.17, 15) is 9.13 Å². The lowest BCUT2D eigenvalue weighted by molar-refractivity contribution is 0.477. The molecule has 3 nitrogen and oxygen atoms in total. The van der Waals surface area contributed by atoms with E-state index in [0.717, 1.165) is 0 Å². The van der Waals surface area contributed by atoms with Crippen molar-refractivity contribution in [3.05, 3.63) is 0 Å². The summed E-state index contributed by atoms with van der Waals surface area (Å²) in [5.41, 5.74) is -0.0135. The highest BCUT2D eigenvalue weighted by molar-refractivity contribution is 7.53. The Morgan fingerprint density at radius 1 is 0.909 bits per heavy atom. The summed E-state index contributed by atoms with van der Waals surface area (Å²) in [6, 6.07) is 0. The van der Waals surface area contributed by atoms with Gasteiger partial charge in [0.25, 0.3) is 0 Å². The van der Waals surface area contributed by atoms with E-state index in [1.54, 1.807) is 27.7 Å².